The number of hydrogen-bond donors (Lipinski definition) is 5. The number of aliphatic carboxylic acids is 1. The van der Waals surface area contributed by atoms with Gasteiger partial charge in [0.25, 0.3) is 0 Å². The van der Waals surface area contributed by atoms with Crippen LogP contribution in [0.2, 0.25) is 0 Å². The van der Waals surface area contributed by atoms with E-state index in [1.54, 1.807) is 0 Å². The van der Waals surface area contributed by atoms with Crippen molar-refractivity contribution in [2.75, 3.05) is 6.61 Å². The number of carboxylic acids is 1. The molecule has 12 heavy (non-hydrogen) atoms. The number of carboxylic acid groups (broad SMARTS) is 1. The topological polar surface area (TPSA) is 118 Å². The van der Waals surface area contributed by atoms with E-state index in [9.17, 15) is 4.79 Å². The largest absolute Gasteiger partial charge is 0.508 e. The Morgan fingerprint density at radius 2 is 1.75 bits per heavy atom. The first-order chi connectivity index (χ1) is 5.49. The van der Waals surface area contributed by atoms with Crippen LogP contribution in [0.5, 0.6) is 0 Å². The molecule has 0 saturated heterocycles. The number of rotatable bonds is 4. The Morgan fingerprint density at radius 3 is 2.08 bits per heavy atom. The van der Waals surface area contributed by atoms with Crippen LogP contribution in [0.15, 0.2) is 11.5 Å². The van der Waals surface area contributed by atoms with E-state index in [0.29, 0.717) is 0 Å². The summed E-state index contributed by atoms with van der Waals surface area (Å²) in [6.45, 7) is -0.614. The summed E-state index contributed by atoms with van der Waals surface area (Å²) in [5.41, 5.74) is 0. The predicted octanol–water partition coefficient (Wildman–Crippen LogP) is -0.858. The molecule has 0 aliphatic rings. The lowest BCUT2D eigenvalue weighted by atomic mass is 10.2. The SMILES string of the molecule is O=C(O)C(O)=C(O)C[C@@H](O)CO. The third kappa shape index (κ3) is 3.22. The molecule has 0 aromatic carbocycles. The van der Waals surface area contributed by atoms with Gasteiger partial charge in [0.15, 0.2) is 0 Å². The monoisotopic (exact) mass is 178 g/mol. The van der Waals surface area contributed by atoms with E-state index in [1.165, 1.54) is 0 Å². The van der Waals surface area contributed by atoms with Crippen molar-refractivity contribution in [3.8, 4) is 0 Å². The van der Waals surface area contributed by atoms with Gasteiger partial charge in [-0.25, -0.2) is 4.79 Å². The van der Waals surface area contributed by atoms with E-state index in [2.05, 4.69) is 0 Å². The van der Waals surface area contributed by atoms with Gasteiger partial charge in [0.2, 0.25) is 5.76 Å². The molecule has 0 aliphatic carbocycles. The highest BCUT2D eigenvalue weighted by Gasteiger charge is 2.14. The van der Waals surface area contributed by atoms with Crippen LogP contribution in [0.25, 0.3) is 0 Å². The second-order valence-electron chi connectivity index (χ2n) is 2.14. The van der Waals surface area contributed by atoms with Crippen LogP contribution < -0.4 is 0 Å². The van der Waals surface area contributed by atoms with E-state index >= 15 is 0 Å². The summed E-state index contributed by atoms with van der Waals surface area (Å²) in [5.74, 6) is -3.76. The lowest BCUT2D eigenvalue weighted by molar-refractivity contribution is -0.136. The quantitative estimate of drug-likeness (QED) is 0.282. The van der Waals surface area contributed by atoms with Gasteiger partial charge in [0.05, 0.1) is 12.7 Å². The minimum absolute atomic E-state index is 0.491. The van der Waals surface area contributed by atoms with Gasteiger partial charge in [-0.15, -0.1) is 0 Å². The fourth-order valence-electron chi connectivity index (χ4n) is 0.508. The average Bonchev–Trinajstić information content (AvgIpc) is 2.02. The summed E-state index contributed by atoms with van der Waals surface area (Å²) in [6, 6.07) is 0. The zero-order chi connectivity index (χ0) is 9.72. The number of aliphatic hydroxyl groups is 4. The fourth-order valence-corrected chi connectivity index (χ4v) is 0.508. The van der Waals surface area contributed by atoms with Crippen LogP contribution >= 0.6 is 0 Å². The number of carbonyl (C=O) groups is 1. The zero-order valence-electron chi connectivity index (χ0n) is 6.14. The van der Waals surface area contributed by atoms with Gasteiger partial charge in [-0.3, -0.25) is 0 Å². The Balaban J connectivity index is 4.26. The Kier molecular flexibility index (Phi) is 4.09. The maximum atomic E-state index is 10.00. The number of aliphatic hydroxyl groups excluding tert-OH is 4. The second-order valence-corrected chi connectivity index (χ2v) is 2.14. The third-order valence-electron chi connectivity index (χ3n) is 1.12. The van der Waals surface area contributed by atoms with Crippen LogP contribution in [0, 0.1) is 0 Å². The van der Waals surface area contributed by atoms with Crippen molar-refractivity contribution in [1.82, 2.24) is 0 Å². The highest BCUT2D eigenvalue weighted by molar-refractivity contribution is 5.84. The molecule has 0 unspecified atom stereocenters. The zero-order valence-corrected chi connectivity index (χ0v) is 6.14. The molecule has 0 aliphatic heterocycles. The summed E-state index contributed by atoms with van der Waals surface area (Å²) in [7, 11) is 0. The first-order valence-electron chi connectivity index (χ1n) is 3.12. The molecular weight excluding hydrogens is 168 g/mol. The maximum absolute atomic E-state index is 10.00. The Labute approximate surface area is 68.0 Å². The third-order valence-corrected chi connectivity index (χ3v) is 1.12. The molecular formula is C6H10O6. The van der Waals surface area contributed by atoms with E-state index in [0.717, 1.165) is 0 Å². The van der Waals surface area contributed by atoms with Crippen LogP contribution in [0.4, 0.5) is 0 Å². The Bertz CT molecular complexity index is 196. The molecule has 5 N–H and O–H groups in total. The highest BCUT2D eigenvalue weighted by Crippen LogP contribution is 2.05. The van der Waals surface area contributed by atoms with Gasteiger partial charge in [-0.05, 0) is 0 Å². The molecule has 0 amide bonds. The van der Waals surface area contributed by atoms with Crippen molar-refractivity contribution < 1.29 is 30.3 Å². The molecule has 0 rings (SSSR count). The van der Waals surface area contributed by atoms with Crippen molar-refractivity contribution >= 4 is 5.97 Å². The van der Waals surface area contributed by atoms with Crippen LogP contribution in [0.1, 0.15) is 6.42 Å². The fraction of sp³-hybridized carbons (Fsp3) is 0.500. The van der Waals surface area contributed by atoms with Crippen molar-refractivity contribution in [3.63, 3.8) is 0 Å². The number of hydrogen-bond acceptors (Lipinski definition) is 5. The normalized spacial score (nSPS) is 15.2. The minimum Gasteiger partial charge on any atom is -0.508 e. The van der Waals surface area contributed by atoms with E-state index in [1.807, 2.05) is 0 Å². The molecule has 0 bridgehead atoms. The van der Waals surface area contributed by atoms with Crippen LogP contribution in [0.3, 0.4) is 0 Å². The molecule has 70 valence electrons. The van der Waals surface area contributed by atoms with Gasteiger partial charge in [0.1, 0.15) is 5.76 Å². The van der Waals surface area contributed by atoms with Gasteiger partial charge < -0.3 is 25.5 Å². The van der Waals surface area contributed by atoms with Crippen molar-refractivity contribution in [1.29, 1.82) is 0 Å². The first kappa shape index (κ1) is 10.7. The lowest BCUT2D eigenvalue weighted by Gasteiger charge is -2.05. The summed E-state index contributed by atoms with van der Waals surface area (Å²) in [6.07, 6.45) is -1.76. The second kappa shape index (κ2) is 4.58. The summed E-state index contributed by atoms with van der Waals surface area (Å²) in [5, 5.41) is 42.5. The van der Waals surface area contributed by atoms with Crippen molar-refractivity contribution in [2.24, 2.45) is 0 Å². The van der Waals surface area contributed by atoms with E-state index < -0.39 is 36.6 Å². The first-order valence-corrected chi connectivity index (χ1v) is 3.12. The molecule has 0 heterocycles. The van der Waals surface area contributed by atoms with Crippen LogP contribution in [-0.4, -0.2) is 44.2 Å². The smallest absolute Gasteiger partial charge is 0.374 e. The minimum atomic E-state index is -1.68. The maximum Gasteiger partial charge on any atom is 0.374 e. The van der Waals surface area contributed by atoms with Gasteiger partial charge in [-0.1, -0.05) is 0 Å². The molecule has 6 heteroatoms. The van der Waals surface area contributed by atoms with E-state index in [-0.39, 0.29) is 0 Å². The van der Waals surface area contributed by atoms with Crippen molar-refractivity contribution in [3.05, 3.63) is 11.5 Å². The lowest BCUT2D eigenvalue weighted by Crippen LogP contribution is -2.15. The Hall–Kier alpha value is -1.27. The molecule has 0 aromatic heterocycles. The average molecular weight is 178 g/mol. The molecule has 0 aromatic rings. The molecule has 0 saturated carbocycles. The van der Waals surface area contributed by atoms with E-state index in [4.69, 9.17) is 25.5 Å². The summed E-state index contributed by atoms with van der Waals surface area (Å²) in [4.78, 5) is 10.00. The standard InChI is InChI=1S/C6H10O6/c7-2-3(8)1-4(9)5(10)6(11)12/h3,7-10H,1-2H2,(H,11,12)/t3-/m1/s1. The summed E-state index contributed by atoms with van der Waals surface area (Å²) < 4.78 is 0. The molecule has 1 atom stereocenters. The molecule has 0 spiro atoms. The van der Waals surface area contributed by atoms with Gasteiger partial charge in [0, 0.05) is 6.42 Å². The summed E-state index contributed by atoms with van der Waals surface area (Å²) >= 11 is 0. The molecule has 6 nitrogen and oxygen atoms in total. The highest BCUT2D eigenvalue weighted by atomic mass is 16.4. The van der Waals surface area contributed by atoms with Crippen molar-refractivity contribution in [2.45, 2.75) is 12.5 Å². The van der Waals surface area contributed by atoms with Crippen LogP contribution in [-0.2, 0) is 4.79 Å². The Morgan fingerprint density at radius 1 is 1.25 bits per heavy atom. The molecule has 0 fully saturated rings. The predicted molar refractivity (Wildman–Crippen MR) is 37.6 cm³/mol. The molecule has 0 radical (unpaired) electrons. The van der Waals surface area contributed by atoms with Gasteiger partial charge >= 0.3 is 5.97 Å². The van der Waals surface area contributed by atoms with Gasteiger partial charge in [-0.2, -0.15) is 0 Å².